The number of nitrogens with zero attached hydrogens (tertiary/aromatic N) is 1. The van der Waals surface area contributed by atoms with Crippen molar-refractivity contribution in [1.29, 1.82) is 0 Å². The van der Waals surface area contributed by atoms with Crippen molar-refractivity contribution in [3.05, 3.63) is 5.21 Å². The van der Waals surface area contributed by atoms with Crippen LogP contribution in [0.4, 0.5) is 0 Å². The van der Waals surface area contributed by atoms with Gasteiger partial charge in [-0.05, 0) is 0 Å². The third kappa shape index (κ3) is 1.71. The first kappa shape index (κ1) is 12.1. The molecule has 5 nitrogen and oxygen atoms in total. The fourth-order valence-corrected chi connectivity index (χ4v) is 4.29. The van der Waals surface area contributed by atoms with E-state index in [1.165, 1.54) is 6.21 Å². The number of rotatable bonds is 1. The zero-order chi connectivity index (χ0) is 12.0. The van der Waals surface area contributed by atoms with Gasteiger partial charge in [-0.15, -0.1) is 0 Å². The molecule has 6 heteroatoms. The summed E-state index contributed by atoms with van der Waals surface area (Å²) in [6, 6.07) is 0. The second-order valence-electron chi connectivity index (χ2n) is 5.47. The Balaban J connectivity index is 2.22. The molecule has 1 atom stereocenters. The zero-order valence-corrected chi connectivity index (χ0v) is 10.8. The summed E-state index contributed by atoms with van der Waals surface area (Å²) in [5.74, 6) is 0. The second kappa shape index (κ2) is 3.56. The van der Waals surface area contributed by atoms with E-state index in [1.54, 1.807) is 6.92 Å². The Morgan fingerprint density at radius 1 is 1.31 bits per heavy atom. The molecule has 0 bridgehead atoms. The van der Waals surface area contributed by atoms with E-state index in [0.717, 1.165) is 4.74 Å². The molecule has 16 heavy (non-hydrogen) atoms. The van der Waals surface area contributed by atoms with Gasteiger partial charge in [0.2, 0.25) is 0 Å². The van der Waals surface area contributed by atoms with Gasteiger partial charge in [-0.1, -0.05) is 13.8 Å². The third-order valence-corrected chi connectivity index (χ3v) is 5.77. The Labute approximate surface area is 95.6 Å². The van der Waals surface area contributed by atoms with Gasteiger partial charge in [-0.3, -0.25) is 4.57 Å². The average molecular weight is 247 g/mol. The highest BCUT2D eigenvalue weighted by molar-refractivity contribution is 7.55. The summed E-state index contributed by atoms with van der Waals surface area (Å²) in [5.41, 5.74) is -0.139. The first-order valence-corrected chi connectivity index (χ1v) is 7.02. The first-order valence-electron chi connectivity index (χ1n) is 5.48. The normalized spacial score (nSPS) is 37.1. The van der Waals surface area contributed by atoms with Crippen LogP contribution in [0.2, 0.25) is 0 Å². The lowest BCUT2D eigenvalue weighted by Gasteiger charge is -2.39. The van der Waals surface area contributed by atoms with E-state index in [9.17, 15) is 9.77 Å². The largest absolute Gasteiger partial charge is 0.623 e. The summed E-state index contributed by atoms with van der Waals surface area (Å²) >= 11 is 0. The lowest BCUT2D eigenvalue weighted by Crippen LogP contribution is -2.40. The Kier molecular flexibility index (Phi) is 2.69. The number of hydrogen-bond acceptors (Lipinski definition) is 4. The monoisotopic (exact) mass is 247 g/mol. The molecule has 0 aromatic rings. The Hall–Kier alpha value is -0.380. The number of hydrogen-bond donors (Lipinski definition) is 0. The summed E-state index contributed by atoms with van der Waals surface area (Å²) in [5, 5.41) is 10.7. The predicted octanol–water partition coefficient (Wildman–Crippen LogP) is 2.34. The van der Waals surface area contributed by atoms with E-state index >= 15 is 0 Å². The highest BCUT2D eigenvalue weighted by Crippen LogP contribution is 2.65. The summed E-state index contributed by atoms with van der Waals surface area (Å²) < 4.78 is 24.1. The molecule has 1 saturated heterocycles. The topological polar surface area (TPSA) is 61.6 Å². The van der Waals surface area contributed by atoms with Crippen LogP contribution in [0.1, 0.15) is 33.6 Å². The van der Waals surface area contributed by atoms with Crippen molar-refractivity contribution in [3.63, 3.8) is 0 Å². The summed E-state index contributed by atoms with van der Waals surface area (Å²) in [6.07, 6.45) is 2.65. The van der Waals surface area contributed by atoms with Gasteiger partial charge < -0.3 is 14.3 Å². The van der Waals surface area contributed by atoms with Gasteiger partial charge in [0.15, 0.2) is 6.21 Å². The summed E-state index contributed by atoms with van der Waals surface area (Å²) in [7, 11) is -3.33. The standard InChI is InChI=1S/C10H18NO4P/c1-9(2)7-14-16(13,15-8-9)10(3)5-4-6-11(10)12/h6H,4-5,7-8H2,1-3H3/t10-/m1/s1. The van der Waals surface area contributed by atoms with Gasteiger partial charge >= 0.3 is 7.60 Å². The minimum atomic E-state index is -3.33. The van der Waals surface area contributed by atoms with Crippen LogP contribution in [0, 0.1) is 10.6 Å². The molecule has 0 amide bonds. The second-order valence-corrected chi connectivity index (χ2v) is 7.95. The third-order valence-electron chi connectivity index (χ3n) is 3.23. The molecule has 0 radical (unpaired) electrons. The molecule has 2 heterocycles. The molecule has 0 unspecified atom stereocenters. The van der Waals surface area contributed by atoms with Crippen LogP contribution in [0.5, 0.6) is 0 Å². The van der Waals surface area contributed by atoms with E-state index in [4.69, 9.17) is 9.05 Å². The van der Waals surface area contributed by atoms with E-state index in [0.29, 0.717) is 26.1 Å². The Morgan fingerprint density at radius 3 is 2.31 bits per heavy atom. The smallest absolute Gasteiger partial charge is 0.401 e. The summed E-state index contributed by atoms with van der Waals surface area (Å²) in [4.78, 5) is 0. The van der Waals surface area contributed by atoms with Crippen LogP contribution in [0.15, 0.2) is 0 Å². The van der Waals surface area contributed by atoms with E-state index in [-0.39, 0.29) is 5.41 Å². The molecule has 1 fully saturated rings. The van der Waals surface area contributed by atoms with Gasteiger partial charge in [-0.25, -0.2) is 0 Å². The fourth-order valence-electron chi connectivity index (χ4n) is 1.90. The molecule has 92 valence electrons. The van der Waals surface area contributed by atoms with Crippen molar-refractivity contribution in [2.75, 3.05) is 13.2 Å². The molecular weight excluding hydrogens is 229 g/mol. The maximum atomic E-state index is 12.5. The van der Waals surface area contributed by atoms with E-state index in [1.807, 2.05) is 13.8 Å². The molecule has 0 spiro atoms. The lowest BCUT2D eigenvalue weighted by molar-refractivity contribution is -0.507. The molecule has 2 aliphatic heterocycles. The van der Waals surface area contributed by atoms with Crippen LogP contribution >= 0.6 is 7.60 Å². The van der Waals surface area contributed by atoms with Crippen molar-refractivity contribution < 1.29 is 18.4 Å². The molecular formula is C10H18NO4P. The SMILES string of the molecule is CC1(C)COP(=O)([C@]2(C)CCC=[N+]2[O-])OC1. The Morgan fingerprint density at radius 2 is 1.88 bits per heavy atom. The predicted molar refractivity (Wildman–Crippen MR) is 60.6 cm³/mol. The van der Waals surface area contributed by atoms with Gasteiger partial charge in [0, 0.05) is 25.2 Å². The summed E-state index contributed by atoms with van der Waals surface area (Å²) in [6.45, 7) is 6.35. The minimum absolute atomic E-state index is 0.139. The van der Waals surface area contributed by atoms with Crippen molar-refractivity contribution in [1.82, 2.24) is 0 Å². The van der Waals surface area contributed by atoms with Crippen LogP contribution in [-0.4, -0.2) is 29.4 Å². The van der Waals surface area contributed by atoms with Crippen molar-refractivity contribution in [2.45, 2.75) is 38.9 Å². The maximum Gasteiger partial charge on any atom is 0.401 e. The first-order chi connectivity index (χ1) is 7.29. The van der Waals surface area contributed by atoms with Gasteiger partial charge in [0.25, 0.3) is 5.28 Å². The van der Waals surface area contributed by atoms with E-state index in [2.05, 4.69) is 0 Å². The Bertz CT molecular complexity index is 365. The van der Waals surface area contributed by atoms with Crippen LogP contribution in [0.25, 0.3) is 0 Å². The minimum Gasteiger partial charge on any atom is -0.623 e. The fraction of sp³-hybridized carbons (Fsp3) is 0.900. The van der Waals surface area contributed by atoms with Crippen LogP contribution < -0.4 is 0 Å². The zero-order valence-electron chi connectivity index (χ0n) is 9.93. The molecule has 0 aromatic heterocycles. The van der Waals surface area contributed by atoms with Crippen molar-refractivity contribution in [3.8, 4) is 0 Å². The maximum absolute atomic E-state index is 12.5. The van der Waals surface area contributed by atoms with Gasteiger partial charge in [-0.2, -0.15) is 4.74 Å². The lowest BCUT2D eigenvalue weighted by atomic mass is 9.97. The van der Waals surface area contributed by atoms with Crippen molar-refractivity contribution in [2.24, 2.45) is 5.41 Å². The molecule has 0 saturated carbocycles. The van der Waals surface area contributed by atoms with Gasteiger partial charge in [0.05, 0.1) is 13.2 Å². The van der Waals surface area contributed by atoms with Crippen molar-refractivity contribution >= 4 is 13.8 Å². The molecule has 0 N–H and O–H groups in total. The average Bonchev–Trinajstić information content (AvgIpc) is 2.54. The molecule has 2 rings (SSSR count). The molecule has 0 aromatic carbocycles. The number of hydroxylamine groups is 1. The van der Waals surface area contributed by atoms with Crippen LogP contribution in [-0.2, 0) is 13.6 Å². The molecule has 0 aliphatic carbocycles. The van der Waals surface area contributed by atoms with Gasteiger partial charge in [0.1, 0.15) is 0 Å². The molecule has 2 aliphatic rings. The highest BCUT2D eigenvalue weighted by Gasteiger charge is 2.59. The quantitative estimate of drug-likeness (QED) is 0.405. The van der Waals surface area contributed by atoms with Crippen LogP contribution in [0.3, 0.4) is 0 Å². The van der Waals surface area contributed by atoms with E-state index < -0.39 is 12.9 Å². The highest BCUT2D eigenvalue weighted by atomic mass is 31.2.